The summed E-state index contributed by atoms with van der Waals surface area (Å²) in [7, 11) is 0. The van der Waals surface area contributed by atoms with Crippen LogP contribution in [0.3, 0.4) is 0 Å². The minimum atomic E-state index is 0.669. The monoisotopic (exact) mass is 201 g/mol. The van der Waals surface area contributed by atoms with E-state index >= 15 is 0 Å². The van der Waals surface area contributed by atoms with E-state index in [0.717, 1.165) is 30.3 Å². The van der Waals surface area contributed by atoms with Crippen molar-refractivity contribution in [1.29, 1.82) is 5.26 Å². The minimum Gasteiger partial charge on any atom is -0.493 e. The Morgan fingerprint density at radius 1 is 1.47 bits per heavy atom. The van der Waals surface area contributed by atoms with Crippen LogP contribution in [-0.2, 0) is 0 Å². The van der Waals surface area contributed by atoms with Gasteiger partial charge >= 0.3 is 0 Å². The summed E-state index contributed by atoms with van der Waals surface area (Å²) in [6, 6.07) is 7.71. The Labute approximate surface area is 90.5 Å². The van der Waals surface area contributed by atoms with Crippen molar-refractivity contribution in [2.24, 2.45) is 5.92 Å². The molecule has 0 N–H and O–H groups in total. The van der Waals surface area contributed by atoms with Crippen molar-refractivity contribution in [3.8, 4) is 11.8 Å². The van der Waals surface area contributed by atoms with Crippen molar-refractivity contribution < 1.29 is 4.74 Å². The molecule has 1 fully saturated rings. The molecule has 1 aliphatic rings. The van der Waals surface area contributed by atoms with Crippen LogP contribution in [0.2, 0.25) is 0 Å². The summed E-state index contributed by atoms with van der Waals surface area (Å²) in [5, 5.41) is 8.77. The Morgan fingerprint density at radius 3 is 2.93 bits per heavy atom. The average Bonchev–Trinajstić information content (AvgIpc) is 3.05. The maximum Gasteiger partial charge on any atom is 0.123 e. The molecule has 0 saturated heterocycles. The number of rotatable bonds is 4. The number of benzene rings is 1. The first-order valence-corrected chi connectivity index (χ1v) is 5.43. The fourth-order valence-corrected chi connectivity index (χ4v) is 1.57. The van der Waals surface area contributed by atoms with Crippen molar-refractivity contribution in [1.82, 2.24) is 0 Å². The van der Waals surface area contributed by atoms with Gasteiger partial charge in [-0.2, -0.15) is 5.26 Å². The number of nitrogens with zero attached hydrogens (tertiary/aromatic N) is 1. The summed E-state index contributed by atoms with van der Waals surface area (Å²) in [6.45, 7) is 2.79. The van der Waals surface area contributed by atoms with Crippen molar-refractivity contribution >= 4 is 0 Å². The molecular formula is C13H15NO. The predicted molar refractivity (Wildman–Crippen MR) is 58.7 cm³/mol. The summed E-state index contributed by atoms with van der Waals surface area (Å²) in [5.74, 6) is 1.75. The van der Waals surface area contributed by atoms with E-state index in [1.165, 1.54) is 12.8 Å². The Morgan fingerprint density at radius 2 is 2.27 bits per heavy atom. The predicted octanol–water partition coefficient (Wildman–Crippen LogP) is 3.05. The number of nitriles is 1. The van der Waals surface area contributed by atoms with Gasteiger partial charge < -0.3 is 4.74 Å². The van der Waals surface area contributed by atoms with Crippen LogP contribution in [0.1, 0.15) is 30.4 Å². The smallest absolute Gasteiger partial charge is 0.123 e. The average molecular weight is 201 g/mol. The lowest BCUT2D eigenvalue weighted by atomic mass is 10.1. The maximum atomic E-state index is 8.77. The zero-order chi connectivity index (χ0) is 10.7. The van der Waals surface area contributed by atoms with Gasteiger partial charge in [0.2, 0.25) is 0 Å². The molecule has 0 spiro atoms. The van der Waals surface area contributed by atoms with Crippen LogP contribution >= 0.6 is 0 Å². The lowest BCUT2D eigenvalue weighted by molar-refractivity contribution is 0.300. The highest BCUT2D eigenvalue weighted by Gasteiger charge is 2.20. The fourth-order valence-electron chi connectivity index (χ4n) is 1.57. The topological polar surface area (TPSA) is 33.0 Å². The molecule has 0 aromatic heterocycles. The Bertz CT molecular complexity index is 388. The maximum absolute atomic E-state index is 8.77. The quantitative estimate of drug-likeness (QED) is 0.750. The lowest BCUT2D eigenvalue weighted by Crippen LogP contribution is -1.99. The SMILES string of the molecule is Cc1ccc(C#N)cc1OCCC1CC1. The van der Waals surface area contributed by atoms with Crippen molar-refractivity contribution in [3.05, 3.63) is 29.3 Å². The second-order valence-electron chi connectivity index (χ2n) is 4.17. The molecule has 1 saturated carbocycles. The first kappa shape index (κ1) is 10.0. The molecule has 15 heavy (non-hydrogen) atoms. The second kappa shape index (κ2) is 4.35. The summed E-state index contributed by atoms with van der Waals surface area (Å²) in [6.07, 6.45) is 3.87. The van der Waals surface area contributed by atoms with Gasteiger partial charge in [-0.15, -0.1) is 0 Å². The van der Waals surface area contributed by atoms with Crippen LogP contribution in [0.15, 0.2) is 18.2 Å². The van der Waals surface area contributed by atoms with Crippen molar-refractivity contribution in [3.63, 3.8) is 0 Å². The molecular weight excluding hydrogens is 186 g/mol. The van der Waals surface area contributed by atoms with Crippen molar-refractivity contribution in [2.75, 3.05) is 6.61 Å². The van der Waals surface area contributed by atoms with Crippen LogP contribution in [0, 0.1) is 24.2 Å². The highest BCUT2D eigenvalue weighted by atomic mass is 16.5. The van der Waals surface area contributed by atoms with Gasteiger partial charge in [0.05, 0.1) is 18.2 Å². The van der Waals surface area contributed by atoms with E-state index in [9.17, 15) is 0 Å². The van der Waals surface area contributed by atoms with Gasteiger partial charge in [-0.25, -0.2) is 0 Å². The summed E-state index contributed by atoms with van der Waals surface area (Å²) in [5.41, 5.74) is 1.77. The van der Waals surface area contributed by atoms with E-state index in [1.807, 2.05) is 25.1 Å². The summed E-state index contributed by atoms with van der Waals surface area (Å²) >= 11 is 0. The number of aryl methyl sites for hydroxylation is 1. The van der Waals surface area contributed by atoms with Gasteiger partial charge in [0.15, 0.2) is 0 Å². The van der Waals surface area contributed by atoms with Gasteiger partial charge in [0.1, 0.15) is 5.75 Å². The van der Waals surface area contributed by atoms with E-state index in [-0.39, 0.29) is 0 Å². The molecule has 0 atom stereocenters. The molecule has 2 rings (SSSR count). The number of hydrogen-bond acceptors (Lipinski definition) is 2. The van der Waals surface area contributed by atoms with E-state index in [1.54, 1.807) is 0 Å². The van der Waals surface area contributed by atoms with Crippen LogP contribution in [0.5, 0.6) is 5.75 Å². The molecule has 0 bridgehead atoms. The Balaban J connectivity index is 1.95. The van der Waals surface area contributed by atoms with E-state index in [2.05, 4.69) is 6.07 Å². The van der Waals surface area contributed by atoms with Crippen LogP contribution < -0.4 is 4.74 Å². The molecule has 2 heteroatoms. The van der Waals surface area contributed by atoms with Crippen LogP contribution in [0.25, 0.3) is 0 Å². The van der Waals surface area contributed by atoms with Crippen LogP contribution in [0.4, 0.5) is 0 Å². The van der Waals surface area contributed by atoms with Gasteiger partial charge in [0.25, 0.3) is 0 Å². The molecule has 78 valence electrons. The standard InChI is InChI=1S/C13H15NO/c1-10-2-3-12(9-14)8-13(10)15-7-6-11-4-5-11/h2-3,8,11H,4-7H2,1H3. The highest BCUT2D eigenvalue weighted by Crippen LogP contribution is 2.32. The van der Waals surface area contributed by atoms with Crippen LogP contribution in [-0.4, -0.2) is 6.61 Å². The van der Waals surface area contributed by atoms with Crippen molar-refractivity contribution in [2.45, 2.75) is 26.2 Å². The zero-order valence-corrected chi connectivity index (χ0v) is 8.99. The minimum absolute atomic E-state index is 0.669. The molecule has 1 aromatic carbocycles. The normalized spacial score (nSPS) is 14.7. The third-order valence-electron chi connectivity index (χ3n) is 2.80. The number of hydrogen-bond donors (Lipinski definition) is 0. The van der Waals surface area contributed by atoms with E-state index in [0.29, 0.717) is 5.56 Å². The molecule has 1 aromatic rings. The fraction of sp³-hybridized carbons (Fsp3) is 0.462. The Hall–Kier alpha value is -1.49. The number of ether oxygens (including phenoxy) is 1. The third kappa shape index (κ3) is 2.73. The van der Waals surface area contributed by atoms with E-state index < -0.39 is 0 Å². The molecule has 0 heterocycles. The molecule has 0 radical (unpaired) electrons. The second-order valence-corrected chi connectivity index (χ2v) is 4.17. The molecule has 1 aliphatic carbocycles. The lowest BCUT2D eigenvalue weighted by Gasteiger charge is -2.08. The van der Waals surface area contributed by atoms with Gasteiger partial charge in [-0.3, -0.25) is 0 Å². The van der Waals surface area contributed by atoms with E-state index in [4.69, 9.17) is 10.00 Å². The first-order chi connectivity index (χ1) is 7.29. The highest BCUT2D eigenvalue weighted by molar-refractivity contribution is 5.41. The van der Waals surface area contributed by atoms with Gasteiger partial charge in [0, 0.05) is 0 Å². The molecule has 0 unspecified atom stereocenters. The molecule has 0 amide bonds. The van der Waals surface area contributed by atoms with Gasteiger partial charge in [-0.1, -0.05) is 18.9 Å². The summed E-state index contributed by atoms with van der Waals surface area (Å²) < 4.78 is 5.68. The van der Waals surface area contributed by atoms with Gasteiger partial charge in [-0.05, 0) is 37.0 Å². The third-order valence-corrected chi connectivity index (χ3v) is 2.80. The largest absolute Gasteiger partial charge is 0.493 e. The zero-order valence-electron chi connectivity index (χ0n) is 8.99. The molecule has 0 aliphatic heterocycles. The first-order valence-electron chi connectivity index (χ1n) is 5.43. The molecule has 2 nitrogen and oxygen atoms in total. The Kier molecular flexibility index (Phi) is 2.91. The summed E-state index contributed by atoms with van der Waals surface area (Å²) in [4.78, 5) is 0.